The van der Waals surface area contributed by atoms with E-state index in [-0.39, 0.29) is 23.8 Å². The molecule has 2 aliphatic heterocycles. The van der Waals surface area contributed by atoms with E-state index >= 15 is 0 Å². The average Bonchev–Trinajstić information content (AvgIpc) is 3.00. The fourth-order valence-corrected chi connectivity index (χ4v) is 3.74. The van der Waals surface area contributed by atoms with E-state index in [9.17, 15) is 14.4 Å². The van der Waals surface area contributed by atoms with E-state index in [1.165, 1.54) is 6.08 Å². The second-order valence-corrected chi connectivity index (χ2v) is 7.17. The third-order valence-corrected chi connectivity index (χ3v) is 5.27. The van der Waals surface area contributed by atoms with Gasteiger partial charge in [0.2, 0.25) is 11.8 Å². The van der Waals surface area contributed by atoms with Gasteiger partial charge >= 0.3 is 6.09 Å². The number of para-hydroxylation sites is 1. The molecule has 0 bridgehead atoms. The van der Waals surface area contributed by atoms with Crippen LogP contribution in [0.15, 0.2) is 43.0 Å². The molecular weight excluding hydrogens is 358 g/mol. The number of ether oxygens (including phenoxy) is 1. The predicted octanol–water partition coefficient (Wildman–Crippen LogP) is 2.14. The van der Waals surface area contributed by atoms with Gasteiger partial charge in [-0.05, 0) is 37.5 Å². The van der Waals surface area contributed by atoms with Crippen LogP contribution in [-0.4, -0.2) is 71.9 Å². The van der Waals surface area contributed by atoms with E-state index in [0.29, 0.717) is 51.4 Å². The molecule has 7 heteroatoms. The zero-order valence-electron chi connectivity index (χ0n) is 16.1. The number of carbonyl (C=O) groups is 3. The Balaban J connectivity index is 1.54. The van der Waals surface area contributed by atoms with Gasteiger partial charge in [0.25, 0.3) is 0 Å². The molecule has 0 N–H and O–H groups in total. The first-order valence-corrected chi connectivity index (χ1v) is 9.80. The first kappa shape index (κ1) is 19.9. The minimum atomic E-state index is -0.388. The predicted molar refractivity (Wildman–Crippen MR) is 105 cm³/mol. The summed E-state index contributed by atoms with van der Waals surface area (Å²) in [5.74, 6) is 0.280. The van der Waals surface area contributed by atoms with Crippen molar-refractivity contribution in [2.75, 3.05) is 39.3 Å². The Labute approximate surface area is 165 Å². The maximum atomic E-state index is 13.0. The summed E-state index contributed by atoms with van der Waals surface area (Å²) in [5, 5.41) is 0. The van der Waals surface area contributed by atoms with Gasteiger partial charge in [-0.1, -0.05) is 24.8 Å². The SMILES string of the molecule is C=CC(=O)N1CCCC(C(=O)N2CCCN(C(=O)Oc3ccccc3)CC2)C1. The summed E-state index contributed by atoms with van der Waals surface area (Å²) in [6.45, 7) is 6.74. The Morgan fingerprint density at radius 2 is 1.61 bits per heavy atom. The Bertz CT molecular complexity index is 722. The molecule has 150 valence electrons. The minimum Gasteiger partial charge on any atom is -0.410 e. The molecule has 0 radical (unpaired) electrons. The molecule has 1 unspecified atom stereocenters. The Morgan fingerprint density at radius 1 is 0.929 bits per heavy atom. The summed E-state index contributed by atoms with van der Waals surface area (Å²) >= 11 is 0. The number of hydrogen-bond acceptors (Lipinski definition) is 4. The van der Waals surface area contributed by atoms with E-state index < -0.39 is 0 Å². The van der Waals surface area contributed by atoms with Crippen LogP contribution in [0.25, 0.3) is 0 Å². The molecule has 28 heavy (non-hydrogen) atoms. The summed E-state index contributed by atoms with van der Waals surface area (Å²) in [4.78, 5) is 42.4. The Hall–Kier alpha value is -2.83. The van der Waals surface area contributed by atoms with Crippen molar-refractivity contribution in [3.8, 4) is 5.75 Å². The number of carbonyl (C=O) groups excluding carboxylic acids is 3. The fraction of sp³-hybridized carbons (Fsp3) is 0.476. The normalized spacial score (nSPS) is 20.3. The highest BCUT2D eigenvalue weighted by atomic mass is 16.6. The van der Waals surface area contributed by atoms with E-state index in [1.54, 1.807) is 21.9 Å². The van der Waals surface area contributed by atoms with Crippen molar-refractivity contribution in [3.63, 3.8) is 0 Å². The van der Waals surface area contributed by atoms with Gasteiger partial charge in [0, 0.05) is 39.3 Å². The second kappa shape index (κ2) is 9.39. The summed E-state index contributed by atoms with van der Waals surface area (Å²) < 4.78 is 5.40. The number of benzene rings is 1. The lowest BCUT2D eigenvalue weighted by Crippen LogP contribution is -2.47. The zero-order chi connectivity index (χ0) is 19.9. The number of rotatable bonds is 3. The maximum absolute atomic E-state index is 13.0. The van der Waals surface area contributed by atoms with Crippen LogP contribution in [0.4, 0.5) is 4.79 Å². The summed E-state index contributed by atoms with van der Waals surface area (Å²) in [6, 6.07) is 8.98. The van der Waals surface area contributed by atoms with Gasteiger partial charge in [0.05, 0.1) is 5.92 Å². The van der Waals surface area contributed by atoms with E-state index in [1.807, 2.05) is 23.1 Å². The van der Waals surface area contributed by atoms with Crippen molar-refractivity contribution in [1.29, 1.82) is 0 Å². The van der Waals surface area contributed by atoms with Crippen LogP contribution in [-0.2, 0) is 9.59 Å². The van der Waals surface area contributed by atoms with E-state index in [0.717, 1.165) is 12.8 Å². The van der Waals surface area contributed by atoms with Crippen molar-refractivity contribution >= 4 is 17.9 Å². The lowest BCUT2D eigenvalue weighted by Gasteiger charge is -2.34. The first-order chi connectivity index (χ1) is 13.6. The van der Waals surface area contributed by atoms with Crippen LogP contribution in [0.3, 0.4) is 0 Å². The van der Waals surface area contributed by atoms with Gasteiger partial charge in [-0.2, -0.15) is 0 Å². The van der Waals surface area contributed by atoms with Gasteiger partial charge in [-0.15, -0.1) is 0 Å². The number of likely N-dealkylation sites (tertiary alicyclic amines) is 1. The van der Waals surface area contributed by atoms with Crippen LogP contribution in [0.2, 0.25) is 0 Å². The summed E-state index contributed by atoms with van der Waals surface area (Å²) in [7, 11) is 0. The van der Waals surface area contributed by atoms with Crippen LogP contribution in [0.5, 0.6) is 5.75 Å². The van der Waals surface area contributed by atoms with Crippen molar-refractivity contribution in [2.45, 2.75) is 19.3 Å². The molecule has 2 heterocycles. The molecule has 2 saturated heterocycles. The highest BCUT2D eigenvalue weighted by Gasteiger charge is 2.32. The molecule has 7 nitrogen and oxygen atoms in total. The lowest BCUT2D eigenvalue weighted by molar-refractivity contribution is -0.139. The minimum absolute atomic E-state index is 0.0693. The maximum Gasteiger partial charge on any atom is 0.415 e. The smallest absolute Gasteiger partial charge is 0.410 e. The highest BCUT2D eigenvalue weighted by molar-refractivity contribution is 5.88. The molecule has 1 atom stereocenters. The molecule has 0 aromatic heterocycles. The van der Waals surface area contributed by atoms with Crippen LogP contribution in [0.1, 0.15) is 19.3 Å². The largest absolute Gasteiger partial charge is 0.415 e. The van der Waals surface area contributed by atoms with Gasteiger partial charge in [0.15, 0.2) is 0 Å². The van der Waals surface area contributed by atoms with Crippen LogP contribution in [0, 0.1) is 5.92 Å². The van der Waals surface area contributed by atoms with Crippen LogP contribution >= 0.6 is 0 Å². The van der Waals surface area contributed by atoms with Crippen molar-refractivity contribution in [3.05, 3.63) is 43.0 Å². The van der Waals surface area contributed by atoms with Crippen molar-refractivity contribution < 1.29 is 19.1 Å². The molecule has 3 amide bonds. The van der Waals surface area contributed by atoms with E-state index in [2.05, 4.69) is 6.58 Å². The summed E-state index contributed by atoms with van der Waals surface area (Å²) in [5.41, 5.74) is 0. The molecule has 0 spiro atoms. The molecule has 0 aliphatic carbocycles. The fourth-order valence-electron chi connectivity index (χ4n) is 3.74. The monoisotopic (exact) mass is 385 g/mol. The molecule has 3 rings (SSSR count). The first-order valence-electron chi connectivity index (χ1n) is 9.80. The van der Waals surface area contributed by atoms with Crippen molar-refractivity contribution in [1.82, 2.24) is 14.7 Å². The molecule has 1 aromatic rings. The standard InChI is InChI=1S/C21H27N3O4/c1-2-19(25)24-11-6-8-17(16-24)20(26)22-12-7-13-23(15-14-22)21(27)28-18-9-4-3-5-10-18/h2-5,9-10,17H,1,6-8,11-16H2. The van der Waals surface area contributed by atoms with Gasteiger partial charge in [0.1, 0.15) is 5.75 Å². The number of hydrogen-bond donors (Lipinski definition) is 0. The Morgan fingerprint density at radius 3 is 2.36 bits per heavy atom. The third kappa shape index (κ3) is 4.91. The molecule has 2 aliphatic rings. The number of piperidine rings is 1. The van der Waals surface area contributed by atoms with E-state index in [4.69, 9.17) is 4.74 Å². The lowest BCUT2D eigenvalue weighted by atomic mass is 9.96. The highest BCUT2D eigenvalue weighted by Crippen LogP contribution is 2.20. The quantitative estimate of drug-likeness (QED) is 0.748. The zero-order valence-corrected chi connectivity index (χ0v) is 16.1. The molecule has 2 fully saturated rings. The van der Waals surface area contributed by atoms with Crippen molar-refractivity contribution in [2.24, 2.45) is 5.92 Å². The van der Waals surface area contributed by atoms with Crippen LogP contribution < -0.4 is 4.74 Å². The molecule has 0 saturated carbocycles. The van der Waals surface area contributed by atoms with Gasteiger partial charge in [-0.25, -0.2) is 4.79 Å². The Kier molecular flexibility index (Phi) is 6.68. The summed E-state index contributed by atoms with van der Waals surface area (Å²) in [6.07, 6.45) is 3.23. The average molecular weight is 385 g/mol. The second-order valence-electron chi connectivity index (χ2n) is 7.17. The van der Waals surface area contributed by atoms with Gasteiger partial charge in [-0.3, -0.25) is 9.59 Å². The third-order valence-electron chi connectivity index (χ3n) is 5.27. The number of nitrogens with zero attached hydrogens (tertiary/aromatic N) is 3. The van der Waals surface area contributed by atoms with Gasteiger partial charge < -0.3 is 19.4 Å². The molecule has 1 aromatic carbocycles. The number of amides is 3. The molecular formula is C21H27N3O4. The topological polar surface area (TPSA) is 70.2 Å².